The van der Waals surface area contributed by atoms with E-state index in [2.05, 4.69) is 5.32 Å². The van der Waals surface area contributed by atoms with Crippen molar-refractivity contribution < 1.29 is 13.5 Å². The first-order valence-corrected chi connectivity index (χ1v) is 5.51. The zero-order chi connectivity index (χ0) is 13.0. The van der Waals surface area contributed by atoms with Crippen molar-refractivity contribution in [2.75, 3.05) is 12.4 Å². The summed E-state index contributed by atoms with van der Waals surface area (Å²) in [5.74, 6) is -0.439. The molecule has 0 aliphatic carbocycles. The van der Waals surface area contributed by atoms with Crippen LogP contribution in [0.1, 0.15) is 5.56 Å². The monoisotopic (exact) mass is 249 g/mol. The van der Waals surface area contributed by atoms with E-state index in [0.29, 0.717) is 6.54 Å². The van der Waals surface area contributed by atoms with Gasteiger partial charge in [-0.25, -0.2) is 8.78 Å². The van der Waals surface area contributed by atoms with Crippen LogP contribution >= 0.6 is 0 Å². The van der Waals surface area contributed by atoms with Crippen LogP contribution in [0.2, 0.25) is 0 Å². The van der Waals surface area contributed by atoms with Crippen molar-refractivity contribution in [3.63, 3.8) is 0 Å². The quantitative estimate of drug-likeness (QED) is 0.894. The van der Waals surface area contributed by atoms with Gasteiger partial charge in [0.2, 0.25) is 0 Å². The molecule has 0 spiro atoms. The maximum Gasteiger partial charge on any atom is 0.149 e. The van der Waals surface area contributed by atoms with Gasteiger partial charge >= 0.3 is 0 Å². The SMILES string of the molecule is COc1cccc(CNc2ccc(F)cc2F)c1. The Kier molecular flexibility index (Phi) is 3.77. The Morgan fingerprint density at radius 1 is 1.11 bits per heavy atom. The van der Waals surface area contributed by atoms with E-state index in [-0.39, 0.29) is 5.69 Å². The molecule has 4 heteroatoms. The van der Waals surface area contributed by atoms with Gasteiger partial charge in [0.1, 0.15) is 17.4 Å². The van der Waals surface area contributed by atoms with Gasteiger partial charge in [-0.3, -0.25) is 0 Å². The van der Waals surface area contributed by atoms with Crippen molar-refractivity contribution in [3.8, 4) is 5.75 Å². The third-order valence-corrected chi connectivity index (χ3v) is 2.55. The highest BCUT2D eigenvalue weighted by molar-refractivity contribution is 5.45. The lowest BCUT2D eigenvalue weighted by atomic mass is 10.2. The number of benzene rings is 2. The van der Waals surface area contributed by atoms with Gasteiger partial charge in [0, 0.05) is 12.6 Å². The fourth-order valence-corrected chi connectivity index (χ4v) is 1.61. The van der Waals surface area contributed by atoms with E-state index in [9.17, 15) is 8.78 Å². The molecular weight excluding hydrogens is 236 g/mol. The summed E-state index contributed by atoms with van der Waals surface area (Å²) in [5, 5.41) is 2.91. The van der Waals surface area contributed by atoms with E-state index in [0.717, 1.165) is 17.4 Å². The molecule has 2 aromatic carbocycles. The predicted octanol–water partition coefficient (Wildman–Crippen LogP) is 3.59. The van der Waals surface area contributed by atoms with Gasteiger partial charge in [-0.05, 0) is 29.8 Å². The fourth-order valence-electron chi connectivity index (χ4n) is 1.61. The third-order valence-electron chi connectivity index (χ3n) is 2.55. The second-order valence-corrected chi connectivity index (χ2v) is 3.83. The van der Waals surface area contributed by atoms with Gasteiger partial charge in [-0.15, -0.1) is 0 Å². The highest BCUT2D eigenvalue weighted by Crippen LogP contribution is 2.17. The van der Waals surface area contributed by atoms with Gasteiger partial charge < -0.3 is 10.1 Å². The molecule has 0 aliphatic heterocycles. The molecule has 0 bridgehead atoms. The van der Waals surface area contributed by atoms with Crippen LogP contribution in [-0.4, -0.2) is 7.11 Å². The number of nitrogens with one attached hydrogen (secondary N) is 1. The van der Waals surface area contributed by atoms with E-state index < -0.39 is 11.6 Å². The van der Waals surface area contributed by atoms with Crippen molar-refractivity contribution in [3.05, 3.63) is 59.7 Å². The van der Waals surface area contributed by atoms with Gasteiger partial charge in [-0.1, -0.05) is 12.1 Å². The summed E-state index contributed by atoms with van der Waals surface area (Å²) in [6.07, 6.45) is 0. The fraction of sp³-hybridized carbons (Fsp3) is 0.143. The Balaban J connectivity index is 2.06. The van der Waals surface area contributed by atoms with Crippen molar-refractivity contribution in [2.24, 2.45) is 0 Å². The maximum atomic E-state index is 13.4. The zero-order valence-corrected chi connectivity index (χ0v) is 9.91. The minimum Gasteiger partial charge on any atom is -0.497 e. The minimum absolute atomic E-state index is 0.277. The molecule has 0 amide bonds. The second-order valence-electron chi connectivity index (χ2n) is 3.83. The van der Waals surface area contributed by atoms with E-state index in [1.807, 2.05) is 24.3 Å². The topological polar surface area (TPSA) is 21.3 Å². The molecule has 0 aromatic heterocycles. The van der Waals surface area contributed by atoms with Gasteiger partial charge in [0.25, 0.3) is 0 Å². The summed E-state index contributed by atoms with van der Waals surface area (Å²) in [4.78, 5) is 0. The van der Waals surface area contributed by atoms with Crippen LogP contribution in [0.4, 0.5) is 14.5 Å². The predicted molar refractivity (Wildman–Crippen MR) is 66.7 cm³/mol. The molecule has 0 fully saturated rings. The molecule has 2 rings (SSSR count). The van der Waals surface area contributed by atoms with E-state index in [1.54, 1.807) is 7.11 Å². The average molecular weight is 249 g/mol. The second kappa shape index (κ2) is 5.49. The molecular formula is C14H13F2NO. The normalized spacial score (nSPS) is 10.2. The van der Waals surface area contributed by atoms with Crippen molar-refractivity contribution in [1.29, 1.82) is 0 Å². The molecule has 2 aromatic rings. The highest BCUT2D eigenvalue weighted by atomic mass is 19.1. The van der Waals surface area contributed by atoms with Crippen molar-refractivity contribution in [2.45, 2.75) is 6.54 Å². The van der Waals surface area contributed by atoms with Crippen LogP contribution in [0.5, 0.6) is 5.75 Å². The Hall–Kier alpha value is -2.10. The lowest BCUT2D eigenvalue weighted by Crippen LogP contribution is -2.01. The first-order chi connectivity index (χ1) is 8.69. The Bertz CT molecular complexity index is 543. The van der Waals surface area contributed by atoms with Crippen LogP contribution in [-0.2, 0) is 6.54 Å². The molecule has 0 unspecified atom stereocenters. The van der Waals surface area contributed by atoms with Crippen LogP contribution in [0.15, 0.2) is 42.5 Å². The average Bonchev–Trinajstić information content (AvgIpc) is 2.38. The summed E-state index contributed by atoms with van der Waals surface area (Å²) in [5.41, 5.74) is 1.23. The number of anilines is 1. The number of halogens is 2. The largest absolute Gasteiger partial charge is 0.497 e. The Morgan fingerprint density at radius 2 is 1.94 bits per heavy atom. The number of rotatable bonds is 4. The molecule has 94 valence electrons. The molecule has 0 heterocycles. The first kappa shape index (κ1) is 12.4. The summed E-state index contributed by atoms with van der Waals surface area (Å²) in [6, 6.07) is 10.9. The minimum atomic E-state index is -0.599. The van der Waals surface area contributed by atoms with Crippen LogP contribution < -0.4 is 10.1 Å². The standard InChI is InChI=1S/C14H13F2NO/c1-18-12-4-2-3-10(7-12)9-17-14-6-5-11(15)8-13(14)16/h2-8,17H,9H2,1H3. The summed E-state index contributed by atoms with van der Waals surface area (Å²) in [6.45, 7) is 0.444. The number of hydrogen-bond acceptors (Lipinski definition) is 2. The van der Waals surface area contributed by atoms with Gasteiger partial charge in [0.05, 0.1) is 12.8 Å². The van der Waals surface area contributed by atoms with Crippen LogP contribution in [0, 0.1) is 11.6 Å². The lowest BCUT2D eigenvalue weighted by Gasteiger charge is -2.08. The van der Waals surface area contributed by atoms with Crippen molar-refractivity contribution >= 4 is 5.69 Å². The van der Waals surface area contributed by atoms with Gasteiger partial charge in [0.15, 0.2) is 0 Å². The van der Waals surface area contributed by atoms with Crippen molar-refractivity contribution in [1.82, 2.24) is 0 Å². The maximum absolute atomic E-state index is 13.4. The number of ether oxygens (including phenoxy) is 1. The molecule has 0 aliphatic rings. The molecule has 0 saturated heterocycles. The number of methoxy groups -OCH3 is 1. The zero-order valence-electron chi connectivity index (χ0n) is 9.91. The molecule has 0 radical (unpaired) electrons. The summed E-state index contributed by atoms with van der Waals surface area (Å²) in [7, 11) is 1.59. The molecule has 0 saturated carbocycles. The Labute approximate surface area is 104 Å². The molecule has 1 N–H and O–H groups in total. The lowest BCUT2D eigenvalue weighted by molar-refractivity contribution is 0.414. The van der Waals surface area contributed by atoms with Gasteiger partial charge in [-0.2, -0.15) is 0 Å². The number of hydrogen-bond donors (Lipinski definition) is 1. The first-order valence-electron chi connectivity index (χ1n) is 5.51. The van der Waals surface area contributed by atoms with Crippen LogP contribution in [0.25, 0.3) is 0 Å². The summed E-state index contributed by atoms with van der Waals surface area (Å²) >= 11 is 0. The molecule has 18 heavy (non-hydrogen) atoms. The highest BCUT2D eigenvalue weighted by Gasteiger charge is 2.03. The Morgan fingerprint density at radius 3 is 2.67 bits per heavy atom. The van der Waals surface area contributed by atoms with E-state index in [4.69, 9.17) is 4.74 Å². The van der Waals surface area contributed by atoms with Crippen LogP contribution in [0.3, 0.4) is 0 Å². The van der Waals surface area contributed by atoms with E-state index in [1.165, 1.54) is 12.1 Å². The smallest absolute Gasteiger partial charge is 0.149 e. The summed E-state index contributed by atoms with van der Waals surface area (Å²) < 4.78 is 31.2. The third kappa shape index (κ3) is 2.97. The molecule has 2 nitrogen and oxygen atoms in total. The van der Waals surface area contributed by atoms with E-state index >= 15 is 0 Å². The molecule has 0 atom stereocenters.